The van der Waals surface area contributed by atoms with Crippen LogP contribution >= 0.6 is 11.3 Å². The molecule has 17 heavy (non-hydrogen) atoms. The second-order valence-electron chi connectivity index (χ2n) is 3.88. The number of hydrogen-bond donors (Lipinski definition) is 2. The van der Waals surface area contributed by atoms with E-state index in [0.29, 0.717) is 0 Å². The van der Waals surface area contributed by atoms with Crippen LogP contribution in [0.4, 0.5) is 0 Å². The number of primary amides is 1. The molecule has 0 radical (unpaired) electrons. The van der Waals surface area contributed by atoms with Gasteiger partial charge < -0.3 is 11.5 Å². The Hall–Kier alpha value is -1.65. The van der Waals surface area contributed by atoms with Gasteiger partial charge >= 0.3 is 0 Å². The molecule has 0 spiro atoms. The van der Waals surface area contributed by atoms with Gasteiger partial charge in [0, 0.05) is 17.3 Å². The molecule has 0 aliphatic carbocycles. The van der Waals surface area contributed by atoms with Gasteiger partial charge in [0.25, 0.3) is 0 Å². The highest BCUT2D eigenvalue weighted by Gasteiger charge is 2.10. The van der Waals surface area contributed by atoms with Gasteiger partial charge in [-0.1, -0.05) is 24.3 Å². The summed E-state index contributed by atoms with van der Waals surface area (Å²) in [6.07, 6.45) is 0.174. The summed E-state index contributed by atoms with van der Waals surface area (Å²) in [6.45, 7) is 0. The van der Waals surface area contributed by atoms with Crippen LogP contribution in [0.5, 0.6) is 0 Å². The zero-order chi connectivity index (χ0) is 12.3. The number of rotatable bonds is 4. The molecule has 4 N–H and O–H groups in total. The maximum absolute atomic E-state index is 10.8. The van der Waals surface area contributed by atoms with E-state index >= 15 is 0 Å². The number of amides is 1. The molecule has 1 aromatic heterocycles. The Morgan fingerprint density at radius 2 is 2.12 bits per heavy atom. The Kier molecular flexibility index (Phi) is 3.56. The molecule has 0 bridgehead atoms. The topological polar surface area (TPSA) is 69.1 Å². The van der Waals surface area contributed by atoms with Gasteiger partial charge in [-0.25, -0.2) is 0 Å². The van der Waals surface area contributed by atoms with Crippen molar-refractivity contribution in [2.75, 3.05) is 0 Å². The van der Waals surface area contributed by atoms with Crippen molar-refractivity contribution in [2.24, 2.45) is 11.5 Å². The summed E-state index contributed by atoms with van der Waals surface area (Å²) in [6, 6.07) is 11.7. The van der Waals surface area contributed by atoms with Crippen LogP contribution in [0.25, 0.3) is 10.4 Å². The zero-order valence-corrected chi connectivity index (χ0v) is 10.1. The summed E-state index contributed by atoms with van der Waals surface area (Å²) in [5, 5.41) is 2.03. The minimum Gasteiger partial charge on any atom is -0.370 e. The Balaban J connectivity index is 2.25. The van der Waals surface area contributed by atoms with Crippen LogP contribution in [0.3, 0.4) is 0 Å². The van der Waals surface area contributed by atoms with Gasteiger partial charge in [0.1, 0.15) is 0 Å². The minimum absolute atomic E-state index is 0.174. The maximum atomic E-state index is 10.8. The number of thiophene rings is 1. The number of carbonyl (C=O) groups is 1. The Morgan fingerprint density at radius 3 is 2.76 bits per heavy atom. The van der Waals surface area contributed by atoms with Crippen LogP contribution in [0.1, 0.15) is 18.0 Å². The van der Waals surface area contributed by atoms with Crippen LogP contribution in [-0.2, 0) is 4.79 Å². The molecule has 4 heteroatoms. The lowest BCUT2D eigenvalue weighted by atomic mass is 10.0. The third-order valence-electron chi connectivity index (χ3n) is 2.54. The maximum Gasteiger partial charge on any atom is 0.219 e. The molecular formula is C13H14N2OS. The monoisotopic (exact) mass is 246 g/mol. The predicted octanol–water partition coefficient (Wildman–Crippen LogP) is 2.29. The quantitative estimate of drug-likeness (QED) is 0.869. The van der Waals surface area contributed by atoms with Crippen molar-refractivity contribution in [1.82, 2.24) is 0 Å². The van der Waals surface area contributed by atoms with Gasteiger partial charge in [0.05, 0.1) is 0 Å². The first-order chi connectivity index (χ1) is 8.16. The first-order valence-corrected chi connectivity index (χ1v) is 6.22. The first-order valence-electron chi connectivity index (χ1n) is 5.34. The first kappa shape index (κ1) is 11.8. The zero-order valence-electron chi connectivity index (χ0n) is 9.30. The molecule has 0 aliphatic rings. The van der Waals surface area contributed by atoms with E-state index in [1.807, 2.05) is 35.7 Å². The number of benzene rings is 1. The number of hydrogen-bond acceptors (Lipinski definition) is 3. The molecule has 0 saturated heterocycles. The fourth-order valence-corrected chi connectivity index (χ4v) is 2.42. The van der Waals surface area contributed by atoms with E-state index in [9.17, 15) is 4.79 Å². The Morgan fingerprint density at radius 1 is 1.29 bits per heavy atom. The highest BCUT2D eigenvalue weighted by molar-refractivity contribution is 7.13. The van der Waals surface area contributed by atoms with Gasteiger partial charge in [-0.2, -0.15) is 0 Å². The molecule has 1 atom stereocenters. The van der Waals surface area contributed by atoms with Crippen molar-refractivity contribution in [3.05, 3.63) is 47.3 Å². The van der Waals surface area contributed by atoms with Gasteiger partial charge in [0.2, 0.25) is 5.91 Å². The molecule has 1 heterocycles. The summed E-state index contributed by atoms with van der Waals surface area (Å²) < 4.78 is 0. The van der Waals surface area contributed by atoms with E-state index < -0.39 is 0 Å². The molecule has 88 valence electrons. The highest BCUT2D eigenvalue weighted by atomic mass is 32.1. The average Bonchev–Trinajstić information content (AvgIpc) is 2.82. The van der Waals surface area contributed by atoms with Crippen LogP contribution in [-0.4, -0.2) is 5.91 Å². The predicted molar refractivity (Wildman–Crippen MR) is 70.5 cm³/mol. The van der Waals surface area contributed by atoms with Crippen molar-refractivity contribution >= 4 is 17.2 Å². The van der Waals surface area contributed by atoms with E-state index in [1.165, 1.54) is 4.88 Å². The van der Waals surface area contributed by atoms with Crippen molar-refractivity contribution in [3.8, 4) is 10.4 Å². The van der Waals surface area contributed by atoms with Gasteiger partial charge in [-0.05, 0) is 28.6 Å². The molecule has 1 aromatic carbocycles. The van der Waals surface area contributed by atoms with Crippen LogP contribution < -0.4 is 11.5 Å². The van der Waals surface area contributed by atoms with Gasteiger partial charge in [-0.15, -0.1) is 11.3 Å². The molecule has 0 aliphatic heterocycles. The molecule has 0 fully saturated rings. The largest absolute Gasteiger partial charge is 0.370 e. The van der Waals surface area contributed by atoms with E-state index in [2.05, 4.69) is 6.07 Å². The molecule has 2 aromatic rings. The van der Waals surface area contributed by atoms with E-state index in [-0.39, 0.29) is 18.4 Å². The lowest BCUT2D eigenvalue weighted by molar-refractivity contribution is -0.118. The third kappa shape index (κ3) is 2.93. The second-order valence-corrected chi connectivity index (χ2v) is 4.83. The summed E-state index contributed by atoms with van der Waals surface area (Å²) in [5.41, 5.74) is 13.1. The molecule has 1 unspecified atom stereocenters. The molecular weight excluding hydrogens is 232 g/mol. The van der Waals surface area contributed by atoms with Crippen LogP contribution in [0, 0.1) is 0 Å². The molecule has 2 rings (SSSR count). The van der Waals surface area contributed by atoms with Crippen molar-refractivity contribution in [2.45, 2.75) is 12.5 Å². The van der Waals surface area contributed by atoms with Gasteiger partial charge in [0.15, 0.2) is 0 Å². The SMILES string of the molecule is NC(=O)CC(N)c1cccc(-c2cccs2)c1. The van der Waals surface area contributed by atoms with Crippen molar-refractivity contribution in [3.63, 3.8) is 0 Å². The lowest BCUT2D eigenvalue weighted by Gasteiger charge is -2.10. The molecule has 0 saturated carbocycles. The molecule has 1 amide bonds. The normalized spacial score (nSPS) is 12.3. The van der Waals surface area contributed by atoms with Crippen molar-refractivity contribution in [1.29, 1.82) is 0 Å². The van der Waals surface area contributed by atoms with E-state index in [0.717, 1.165) is 11.1 Å². The number of carbonyl (C=O) groups excluding carboxylic acids is 1. The number of nitrogens with two attached hydrogens (primary N) is 2. The summed E-state index contributed by atoms with van der Waals surface area (Å²) in [7, 11) is 0. The standard InChI is InChI=1S/C13H14N2OS/c14-11(8-13(15)16)9-3-1-4-10(7-9)12-5-2-6-17-12/h1-7,11H,8,14H2,(H2,15,16). The third-order valence-corrected chi connectivity index (χ3v) is 3.46. The highest BCUT2D eigenvalue weighted by Crippen LogP contribution is 2.27. The second kappa shape index (κ2) is 5.12. The average molecular weight is 246 g/mol. The minimum atomic E-state index is -0.376. The summed E-state index contributed by atoms with van der Waals surface area (Å²) in [5.74, 6) is -0.376. The van der Waals surface area contributed by atoms with E-state index in [4.69, 9.17) is 11.5 Å². The smallest absolute Gasteiger partial charge is 0.219 e. The fourth-order valence-electron chi connectivity index (χ4n) is 1.70. The van der Waals surface area contributed by atoms with E-state index in [1.54, 1.807) is 11.3 Å². The van der Waals surface area contributed by atoms with Crippen LogP contribution in [0.2, 0.25) is 0 Å². The summed E-state index contributed by atoms with van der Waals surface area (Å²) >= 11 is 1.68. The summed E-state index contributed by atoms with van der Waals surface area (Å²) in [4.78, 5) is 12.0. The van der Waals surface area contributed by atoms with Crippen molar-refractivity contribution < 1.29 is 4.79 Å². The Labute approximate surface area is 104 Å². The Bertz CT molecular complexity index is 508. The lowest BCUT2D eigenvalue weighted by Crippen LogP contribution is -2.20. The molecule has 3 nitrogen and oxygen atoms in total. The van der Waals surface area contributed by atoms with Gasteiger partial charge in [-0.3, -0.25) is 4.79 Å². The van der Waals surface area contributed by atoms with Crippen LogP contribution in [0.15, 0.2) is 41.8 Å². The fraction of sp³-hybridized carbons (Fsp3) is 0.154.